The third-order valence-corrected chi connectivity index (χ3v) is 3.52. The van der Waals surface area contributed by atoms with Gasteiger partial charge in [0.2, 0.25) is 0 Å². The van der Waals surface area contributed by atoms with Gasteiger partial charge in [0.1, 0.15) is 0 Å². The van der Waals surface area contributed by atoms with E-state index in [2.05, 4.69) is 0 Å². The molecule has 2 aliphatic carbocycles. The van der Waals surface area contributed by atoms with E-state index < -0.39 is 0 Å². The molecule has 1 unspecified atom stereocenters. The topological polar surface area (TPSA) is 17.1 Å². The van der Waals surface area contributed by atoms with Crippen LogP contribution in [0.5, 0.6) is 0 Å². The molecule has 1 aromatic carbocycles. The van der Waals surface area contributed by atoms with Crippen LogP contribution >= 0.6 is 11.6 Å². The molecule has 0 heterocycles. The molecule has 88 valence electrons. The maximum Gasteiger partial charge on any atom is 0.186 e. The van der Waals surface area contributed by atoms with E-state index in [1.807, 2.05) is 54.6 Å². The summed E-state index contributed by atoms with van der Waals surface area (Å²) < 4.78 is 0. The van der Waals surface area contributed by atoms with Gasteiger partial charge in [0.25, 0.3) is 0 Å². The van der Waals surface area contributed by atoms with Crippen LogP contribution in [0.4, 0.5) is 0 Å². The molecular weight excluding hydrogens is 244 g/mol. The minimum Gasteiger partial charge on any atom is -0.289 e. The van der Waals surface area contributed by atoms with Gasteiger partial charge in [0.05, 0.1) is 5.38 Å². The van der Waals surface area contributed by atoms with Crippen LogP contribution in [-0.4, -0.2) is 11.2 Å². The van der Waals surface area contributed by atoms with Crippen LogP contribution in [0, 0.1) is 0 Å². The second kappa shape index (κ2) is 4.43. The Morgan fingerprint density at radius 2 is 1.78 bits per heavy atom. The minimum atomic E-state index is -0.233. The van der Waals surface area contributed by atoms with E-state index in [-0.39, 0.29) is 11.2 Å². The molecule has 18 heavy (non-hydrogen) atoms. The van der Waals surface area contributed by atoms with Crippen molar-refractivity contribution in [2.45, 2.75) is 5.38 Å². The number of allylic oxidation sites excluding steroid dienone is 6. The molecule has 1 aromatic rings. The van der Waals surface area contributed by atoms with Crippen molar-refractivity contribution in [2.24, 2.45) is 0 Å². The third-order valence-electron chi connectivity index (χ3n) is 3.14. The summed E-state index contributed by atoms with van der Waals surface area (Å²) in [6.45, 7) is 0. The number of halogens is 1. The lowest BCUT2D eigenvalue weighted by Gasteiger charge is -2.16. The maximum absolute atomic E-state index is 12.2. The number of fused-ring (bicyclic) bond motifs is 2. The number of benzene rings is 1. The summed E-state index contributed by atoms with van der Waals surface area (Å²) in [6.07, 6.45) is 11.2. The normalized spacial score (nSPS) is 28.1. The number of hydrogen-bond donors (Lipinski definition) is 0. The Labute approximate surface area is 110 Å². The van der Waals surface area contributed by atoms with E-state index >= 15 is 0 Å². The standard InChI is InChI=1S/C16H11ClO/c17-15-7-3-6-14-13(15)9-8-11-4-1-2-5-12(11)10-16(14)18/h1-10,15H/b11-8-,12-10-,13-9+. The molecular formula is C16H11ClO. The van der Waals surface area contributed by atoms with Crippen LogP contribution < -0.4 is 10.4 Å². The summed E-state index contributed by atoms with van der Waals surface area (Å²) >= 11 is 6.23. The molecule has 3 rings (SSSR count). The number of Topliss-reactive ketones (excluding diaryl/α,β-unsaturated/α-hetero) is 1. The van der Waals surface area contributed by atoms with Crippen molar-refractivity contribution in [1.82, 2.24) is 0 Å². The molecule has 0 N–H and O–H groups in total. The summed E-state index contributed by atoms with van der Waals surface area (Å²) in [6, 6.07) is 7.83. The zero-order valence-electron chi connectivity index (χ0n) is 9.64. The Bertz CT molecular complexity index is 720. The zero-order valence-corrected chi connectivity index (χ0v) is 10.4. The highest BCUT2D eigenvalue weighted by atomic mass is 35.5. The van der Waals surface area contributed by atoms with E-state index in [0.717, 1.165) is 16.0 Å². The summed E-state index contributed by atoms with van der Waals surface area (Å²) in [4.78, 5) is 12.2. The largest absolute Gasteiger partial charge is 0.289 e. The van der Waals surface area contributed by atoms with Gasteiger partial charge in [-0.15, -0.1) is 11.6 Å². The van der Waals surface area contributed by atoms with Crippen LogP contribution in [-0.2, 0) is 4.79 Å². The molecule has 2 heteroatoms. The number of carbonyl (C=O) groups excluding carboxylic acids is 1. The number of hydrogen-bond acceptors (Lipinski definition) is 1. The van der Waals surface area contributed by atoms with Crippen LogP contribution in [0.25, 0.3) is 12.2 Å². The predicted molar refractivity (Wildman–Crippen MR) is 74.6 cm³/mol. The Hall–Kier alpha value is -1.86. The summed E-state index contributed by atoms with van der Waals surface area (Å²) in [7, 11) is 0. The Morgan fingerprint density at radius 3 is 2.61 bits per heavy atom. The van der Waals surface area contributed by atoms with Gasteiger partial charge in [0, 0.05) is 5.57 Å². The highest BCUT2D eigenvalue weighted by molar-refractivity contribution is 6.27. The van der Waals surface area contributed by atoms with Crippen molar-refractivity contribution < 1.29 is 4.79 Å². The highest BCUT2D eigenvalue weighted by Crippen LogP contribution is 2.25. The van der Waals surface area contributed by atoms with Crippen molar-refractivity contribution in [3.63, 3.8) is 0 Å². The smallest absolute Gasteiger partial charge is 0.186 e. The summed E-state index contributed by atoms with van der Waals surface area (Å²) in [5.41, 5.74) is 1.55. The second-order valence-electron chi connectivity index (χ2n) is 4.29. The highest BCUT2D eigenvalue weighted by Gasteiger charge is 2.20. The number of alkyl halides is 1. The lowest BCUT2D eigenvalue weighted by molar-refractivity contribution is -0.109. The van der Waals surface area contributed by atoms with Gasteiger partial charge in [-0.2, -0.15) is 0 Å². The lowest BCUT2D eigenvalue weighted by atomic mass is 9.92. The molecule has 0 aliphatic heterocycles. The van der Waals surface area contributed by atoms with Crippen molar-refractivity contribution in [1.29, 1.82) is 0 Å². The molecule has 0 aromatic heterocycles. The fourth-order valence-corrected chi connectivity index (χ4v) is 2.47. The number of ketones is 1. The quantitative estimate of drug-likeness (QED) is 0.646. The zero-order chi connectivity index (χ0) is 12.5. The van der Waals surface area contributed by atoms with Gasteiger partial charge in [-0.25, -0.2) is 0 Å². The lowest BCUT2D eigenvalue weighted by Crippen LogP contribution is -2.27. The average molecular weight is 255 g/mol. The Kier molecular flexibility index (Phi) is 2.77. The van der Waals surface area contributed by atoms with Crippen molar-refractivity contribution >= 4 is 29.5 Å². The monoisotopic (exact) mass is 254 g/mol. The third kappa shape index (κ3) is 1.87. The Balaban J connectivity index is 2.31. The molecule has 0 amide bonds. The van der Waals surface area contributed by atoms with Crippen LogP contribution in [0.15, 0.2) is 59.7 Å². The van der Waals surface area contributed by atoms with Gasteiger partial charge in [-0.1, -0.05) is 54.6 Å². The van der Waals surface area contributed by atoms with E-state index in [1.165, 1.54) is 0 Å². The predicted octanol–water partition coefficient (Wildman–Crippen LogP) is 1.86. The average Bonchev–Trinajstić information content (AvgIpc) is 2.36. The molecule has 0 saturated carbocycles. The van der Waals surface area contributed by atoms with Crippen molar-refractivity contribution in [3.8, 4) is 0 Å². The van der Waals surface area contributed by atoms with Crippen LogP contribution in [0.2, 0.25) is 0 Å². The first-order valence-electron chi connectivity index (χ1n) is 5.82. The molecule has 1 atom stereocenters. The van der Waals surface area contributed by atoms with E-state index in [0.29, 0.717) is 5.57 Å². The van der Waals surface area contributed by atoms with Gasteiger partial charge in [-0.3, -0.25) is 4.79 Å². The van der Waals surface area contributed by atoms with Crippen molar-refractivity contribution in [3.05, 3.63) is 70.2 Å². The molecule has 0 saturated heterocycles. The van der Waals surface area contributed by atoms with Gasteiger partial charge in [-0.05, 0) is 22.1 Å². The van der Waals surface area contributed by atoms with Crippen LogP contribution in [0.3, 0.4) is 0 Å². The molecule has 0 fully saturated rings. The molecule has 2 aliphatic rings. The van der Waals surface area contributed by atoms with E-state index in [1.54, 1.807) is 6.08 Å². The first-order chi connectivity index (χ1) is 8.75. The first kappa shape index (κ1) is 11.2. The van der Waals surface area contributed by atoms with Crippen LogP contribution in [0.1, 0.15) is 0 Å². The fourth-order valence-electron chi connectivity index (χ4n) is 2.20. The van der Waals surface area contributed by atoms with Gasteiger partial charge < -0.3 is 0 Å². The number of carbonyl (C=O) groups is 1. The van der Waals surface area contributed by atoms with E-state index in [4.69, 9.17) is 11.6 Å². The molecule has 0 radical (unpaired) electrons. The SMILES string of the molecule is O=C1/C=c2/cccc/c2=C/C=C2\C1=CC=CC2Cl. The van der Waals surface area contributed by atoms with Gasteiger partial charge in [0.15, 0.2) is 5.78 Å². The Morgan fingerprint density at radius 1 is 1.00 bits per heavy atom. The maximum atomic E-state index is 12.2. The summed E-state index contributed by atoms with van der Waals surface area (Å²) in [5, 5.41) is 1.75. The first-order valence-corrected chi connectivity index (χ1v) is 6.25. The molecule has 0 spiro atoms. The van der Waals surface area contributed by atoms with E-state index in [9.17, 15) is 4.79 Å². The van der Waals surface area contributed by atoms with Gasteiger partial charge >= 0.3 is 0 Å². The fraction of sp³-hybridized carbons (Fsp3) is 0.0625. The number of rotatable bonds is 0. The molecule has 1 nitrogen and oxygen atoms in total. The van der Waals surface area contributed by atoms with Crippen molar-refractivity contribution in [2.75, 3.05) is 0 Å². The second-order valence-corrected chi connectivity index (χ2v) is 4.76. The minimum absolute atomic E-state index is 0.0109. The molecule has 0 bridgehead atoms. The summed E-state index contributed by atoms with van der Waals surface area (Å²) in [5.74, 6) is 0.0109.